The topological polar surface area (TPSA) is 47.3 Å². The molecule has 0 saturated heterocycles. The van der Waals surface area contributed by atoms with E-state index in [1.54, 1.807) is 0 Å². The van der Waals surface area contributed by atoms with Crippen LogP contribution < -0.4 is 16.0 Å². The lowest BCUT2D eigenvalue weighted by Crippen LogP contribution is -2.28. The highest BCUT2D eigenvalue weighted by Gasteiger charge is 2.20. The highest BCUT2D eigenvalue weighted by atomic mass is 32.1. The molecule has 3 rings (SSSR count). The first-order valence-electron chi connectivity index (χ1n) is 7.62. The Kier molecular flexibility index (Phi) is 4.58. The Morgan fingerprint density at radius 2 is 2.14 bits per heavy atom. The van der Waals surface area contributed by atoms with Crippen LogP contribution in [0.2, 0.25) is 0 Å². The van der Waals surface area contributed by atoms with Crippen molar-refractivity contribution >= 4 is 11.3 Å². The number of ether oxygens (including phenoxy) is 1. The molecule has 0 radical (unpaired) electrons. The van der Waals surface area contributed by atoms with Gasteiger partial charge in [-0.25, -0.2) is 5.43 Å². The van der Waals surface area contributed by atoms with Gasteiger partial charge in [0, 0.05) is 9.75 Å². The summed E-state index contributed by atoms with van der Waals surface area (Å²) in [5.41, 5.74) is 5.64. The van der Waals surface area contributed by atoms with Crippen molar-refractivity contribution in [2.24, 2.45) is 5.84 Å². The summed E-state index contributed by atoms with van der Waals surface area (Å²) in [5, 5.41) is 0. The molecule has 0 aliphatic heterocycles. The Labute approximate surface area is 130 Å². The fraction of sp³-hybridized carbons (Fsp3) is 0.412. The van der Waals surface area contributed by atoms with Gasteiger partial charge in [0.2, 0.25) is 0 Å². The molecule has 1 aromatic carbocycles. The molecular formula is C17H22N2OS. The van der Waals surface area contributed by atoms with Crippen LogP contribution in [-0.4, -0.2) is 6.61 Å². The summed E-state index contributed by atoms with van der Waals surface area (Å²) in [5.74, 6) is 6.73. The molecule has 1 aliphatic carbocycles. The number of nitrogens with two attached hydrogens (primary N) is 1. The zero-order chi connectivity index (χ0) is 14.7. The Hall–Kier alpha value is -1.36. The minimum Gasteiger partial charge on any atom is -0.494 e. The first-order valence-corrected chi connectivity index (χ1v) is 8.44. The summed E-state index contributed by atoms with van der Waals surface area (Å²) >= 11 is 1.90. The minimum atomic E-state index is 0.0426. The molecule has 0 bridgehead atoms. The Morgan fingerprint density at radius 1 is 1.29 bits per heavy atom. The molecule has 0 saturated carbocycles. The number of rotatable bonds is 5. The van der Waals surface area contributed by atoms with Gasteiger partial charge >= 0.3 is 0 Å². The van der Waals surface area contributed by atoms with Crippen LogP contribution in [0.25, 0.3) is 0 Å². The molecule has 0 spiro atoms. The smallest absolute Gasteiger partial charge is 0.119 e. The Bertz CT molecular complexity index is 585. The van der Waals surface area contributed by atoms with Crippen molar-refractivity contribution in [2.75, 3.05) is 6.61 Å². The van der Waals surface area contributed by atoms with Gasteiger partial charge < -0.3 is 4.74 Å². The Balaban J connectivity index is 1.90. The van der Waals surface area contributed by atoms with Crippen molar-refractivity contribution in [3.8, 4) is 5.75 Å². The molecule has 0 amide bonds. The van der Waals surface area contributed by atoms with Crippen molar-refractivity contribution in [1.82, 2.24) is 5.43 Å². The van der Waals surface area contributed by atoms with Crippen LogP contribution in [0.1, 0.15) is 46.7 Å². The highest BCUT2D eigenvalue weighted by molar-refractivity contribution is 7.12. The lowest BCUT2D eigenvalue weighted by Gasteiger charge is -2.16. The zero-order valence-corrected chi connectivity index (χ0v) is 13.2. The molecule has 2 aromatic rings. The summed E-state index contributed by atoms with van der Waals surface area (Å²) in [7, 11) is 0. The number of hydrogen-bond acceptors (Lipinski definition) is 4. The lowest BCUT2D eigenvalue weighted by atomic mass is 9.98. The monoisotopic (exact) mass is 302 g/mol. The van der Waals surface area contributed by atoms with Crippen LogP contribution in [0.3, 0.4) is 0 Å². The number of thiophene rings is 1. The van der Waals surface area contributed by atoms with E-state index in [9.17, 15) is 0 Å². The van der Waals surface area contributed by atoms with E-state index in [2.05, 4.69) is 23.6 Å². The van der Waals surface area contributed by atoms with E-state index in [1.807, 2.05) is 30.4 Å². The molecule has 3 N–H and O–H groups in total. The minimum absolute atomic E-state index is 0.0426. The van der Waals surface area contributed by atoms with Crippen LogP contribution in [0.4, 0.5) is 0 Å². The van der Waals surface area contributed by atoms with Crippen molar-refractivity contribution < 1.29 is 4.74 Å². The number of hydrazine groups is 1. The summed E-state index contributed by atoms with van der Waals surface area (Å²) < 4.78 is 5.59. The predicted octanol–water partition coefficient (Wildman–Crippen LogP) is 3.58. The van der Waals surface area contributed by atoms with Crippen LogP contribution in [0.5, 0.6) is 5.75 Å². The fourth-order valence-corrected chi connectivity index (χ4v) is 4.30. The molecule has 112 valence electrons. The van der Waals surface area contributed by atoms with Gasteiger partial charge in [-0.15, -0.1) is 11.3 Å². The fourth-order valence-electron chi connectivity index (χ4n) is 2.95. The first kappa shape index (κ1) is 14.6. The zero-order valence-electron chi connectivity index (χ0n) is 12.4. The maximum Gasteiger partial charge on any atom is 0.119 e. The number of benzene rings is 1. The second-order valence-electron chi connectivity index (χ2n) is 5.41. The summed E-state index contributed by atoms with van der Waals surface area (Å²) in [6.07, 6.45) is 5.05. The molecule has 0 fully saturated rings. The van der Waals surface area contributed by atoms with Gasteiger partial charge in [0.15, 0.2) is 0 Å². The van der Waals surface area contributed by atoms with Crippen LogP contribution in [-0.2, 0) is 12.8 Å². The summed E-state index contributed by atoms with van der Waals surface area (Å²) in [6.45, 7) is 2.68. The van der Waals surface area contributed by atoms with E-state index in [1.165, 1.54) is 41.0 Å². The molecule has 1 unspecified atom stereocenters. The van der Waals surface area contributed by atoms with Gasteiger partial charge in [0.1, 0.15) is 5.75 Å². The van der Waals surface area contributed by atoms with E-state index in [0.717, 1.165) is 11.3 Å². The first-order chi connectivity index (χ1) is 10.3. The van der Waals surface area contributed by atoms with E-state index in [-0.39, 0.29) is 6.04 Å². The molecule has 21 heavy (non-hydrogen) atoms. The normalized spacial score (nSPS) is 15.5. The predicted molar refractivity (Wildman–Crippen MR) is 87.7 cm³/mol. The summed E-state index contributed by atoms with van der Waals surface area (Å²) in [6, 6.07) is 10.6. The number of aryl methyl sites for hydroxylation is 2. The van der Waals surface area contributed by atoms with E-state index in [0.29, 0.717) is 6.61 Å². The quantitative estimate of drug-likeness (QED) is 0.655. The maximum atomic E-state index is 5.83. The molecule has 1 aliphatic rings. The van der Waals surface area contributed by atoms with Crippen molar-refractivity contribution in [3.05, 3.63) is 51.2 Å². The van der Waals surface area contributed by atoms with Crippen LogP contribution in [0.15, 0.2) is 30.3 Å². The Morgan fingerprint density at radius 3 is 2.90 bits per heavy atom. The van der Waals surface area contributed by atoms with E-state index >= 15 is 0 Å². The number of fused-ring (bicyclic) bond motifs is 1. The largest absolute Gasteiger partial charge is 0.494 e. The third-order valence-corrected chi connectivity index (χ3v) is 5.27. The molecule has 1 aromatic heterocycles. The van der Waals surface area contributed by atoms with Gasteiger partial charge in [0.05, 0.1) is 12.6 Å². The highest BCUT2D eigenvalue weighted by Crippen LogP contribution is 2.35. The second-order valence-corrected chi connectivity index (χ2v) is 6.58. The van der Waals surface area contributed by atoms with Gasteiger partial charge in [-0.3, -0.25) is 5.84 Å². The molecule has 3 nitrogen and oxygen atoms in total. The molecule has 1 heterocycles. The standard InChI is InChI=1S/C17H22N2OS/c1-2-20-14-8-5-7-13(10-14)17(19-18)16-11-12-6-3-4-9-15(12)21-16/h5,7-8,10-11,17,19H,2-4,6,9,18H2,1H3. The third kappa shape index (κ3) is 3.12. The van der Waals surface area contributed by atoms with E-state index < -0.39 is 0 Å². The van der Waals surface area contributed by atoms with Gasteiger partial charge in [-0.05, 0) is 61.9 Å². The molecule has 1 atom stereocenters. The van der Waals surface area contributed by atoms with Crippen LogP contribution >= 0.6 is 11.3 Å². The second kappa shape index (κ2) is 6.60. The van der Waals surface area contributed by atoms with Gasteiger partial charge in [-0.2, -0.15) is 0 Å². The average molecular weight is 302 g/mol. The summed E-state index contributed by atoms with van der Waals surface area (Å²) in [4.78, 5) is 2.84. The van der Waals surface area contributed by atoms with Crippen molar-refractivity contribution in [1.29, 1.82) is 0 Å². The van der Waals surface area contributed by atoms with Crippen LogP contribution in [0, 0.1) is 0 Å². The van der Waals surface area contributed by atoms with E-state index in [4.69, 9.17) is 10.6 Å². The SMILES string of the molecule is CCOc1cccc(C(NN)c2cc3c(s2)CCCC3)c1. The lowest BCUT2D eigenvalue weighted by molar-refractivity contribution is 0.339. The molecule has 4 heteroatoms. The molecular weight excluding hydrogens is 280 g/mol. The van der Waals surface area contributed by atoms with Gasteiger partial charge in [0.25, 0.3) is 0 Å². The van der Waals surface area contributed by atoms with Gasteiger partial charge in [-0.1, -0.05) is 12.1 Å². The van der Waals surface area contributed by atoms with Crippen molar-refractivity contribution in [3.63, 3.8) is 0 Å². The number of nitrogens with one attached hydrogen (secondary N) is 1. The number of hydrogen-bond donors (Lipinski definition) is 2. The third-order valence-electron chi connectivity index (χ3n) is 3.97. The average Bonchev–Trinajstić information content (AvgIpc) is 2.92. The maximum absolute atomic E-state index is 5.83. The van der Waals surface area contributed by atoms with Crippen molar-refractivity contribution in [2.45, 2.75) is 38.6 Å².